The minimum Gasteiger partial charge on any atom is -0.462 e. The van der Waals surface area contributed by atoms with E-state index in [1.54, 1.807) is 20.0 Å². The number of benzene rings is 1. The highest BCUT2D eigenvalue weighted by atomic mass is 16.5. The van der Waals surface area contributed by atoms with Crippen LogP contribution < -0.4 is 10.3 Å². The molecule has 1 atom stereocenters. The minimum absolute atomic E-state index is 0.319. The number of rotatable bonds is 5. The number of pyridine rings is 1. The fourth-order valence-electron chi connectivity index (χ4n) is 2.53. The number of esters is 1. The molecule has 0 bridgehead atoms. The molecule has 0 amide bonds. The van der Waals surface area contributed by atoms with Crippen LogP contribution in [0.15, 0.2) is 18.3 Å². The number of hydrogen-bond acceptors (Lipinski definition) is 4. The number of anilines is 1. The van der Waals surface area contributed by atoms with Crippen LogP contribution in [0, 0.1) is 13.8 Å². The number of carbonyl (C=O) groups excluding carboxylic acids is 1. The molecule has 0 aliphatic rings. The number of H-pyrrole nitrogens is 1. The van der Waals surface area contributed by atoms with Gasteiger partial charge in [0.2, 0.25) is 5.52 Å². The van der Waals surface area contributed by atoms with E-state index in [2.05, 4.69) is 16.4 Å². The predicted octanol–water partition coefficient (Wildman–Crippen LogP) is 2.24. The summed E-state index contributed by atoms with van der Waals surface area (Å²) < 4.78 is 5.12. The molecule has 0 aliphatic carbocycles. The Morgan fingerprint density at radius 3 is 2.77 bits per heavy atom. The van der Waals surface area contributed by atoms with E-state index in [9.17, 15) is 9.90 Å². The van der Waals surface area contributed by atoms with Gasteiger partial charge in [0.05, 0.1) is 23.8 Å². The second-order valence-corrected chi connectivity index (χ2v) is 5.53. The van der Waals surface area contributed by atoms with Crippen molar-refractivity contribution in [2.45, 2.75) is 33.8 Å². The molecule has 0 saturated carbocycles. The summed E-state index contributed by atoms with van der Waals surface area (Å²) in [6, 6.07) is 4.10. The van der Waals surface area contributed by atoms with E-state index in [0.29, 0.717) is 24.4 Å². The standard InChI is InChI=1S/C17H22N2O3/c1-5-22-17(21)14-9-19-15-11(3)6-10(2)7-13(15)16(14)18-8-12(4)20/h6-7,9,12,20H,5,8H2,1-4H3,(H,18,19)/p+1/t12-/m1/s1. The van der Waals surface area contributed by atoms with E-state index in [1.165, 1.54) is 0 Å². The summed E-state index contributed by atoms with van der Waals surface area (Å²) in [4.78, 5) is 15.4. The number of ether oxygens (including phenoxy) is 1. The molecule has 1 aromatic heterocycles. The van der Waals surface area contributed by atoms with Gasteiger partial charge in [-0.15, -0.1) is 0 Å². The first-order valence-electron chi connectivity index (χ1n) is 7.48. The summed E-state index contributed by atoms with van der Waals surface area (Å²) in [6.45, 7) is 8.19. The topological polar surface area (TPSA) is 72.7 Å². The average molecular weight is 303 g/mol. The van der Waals surface area contributed by atoms with Crippen LogP contribution in [0.4, 0.5) is 5.69 Å². The van der Waals surface area contributed by atoms with Crippen molar-refractivity contribution in [2.24, 2.45) is 0 Å². The molecule has 0 aliphatic heterocycles. The van der Waals surface area contributed by atoms with Crippen molar-refractivity contribution in [1.82, 2.24) is 0 Å². The average Bonchev–Trinajstić information content (AvgIpc) is 2.44. The zero-order valence-electron chi connectivity index (χ0n) is 13.5. The molecule has 2 aromatic rings. The largest absolute Gasteiger partial charge is 0.462 e. The first-order chi connectivity index (χ1) is 10.4. The zero-order valence-corrected chi connectivity index (χ0v) is 13.5. The molecule has 5 nitrogen and oxygen atoms in total. The Kier molecular flexibility index (Phi) is 4.98. The number of aliphatic hydroxyl groups excluding tert-OH is 1. The Morgan fingerprint density at radius 2 is 2.14 bits per heavy atom. The lowest BCUT2D eigenvalue weighted by Crippen LogP contribution is -2.21. The maximum absolute atomic E-state index is 12.2. The van der Waals surface area contributed by atoms with Crippen molar-refractivity contribution in [3.63, 3.8) is 0 Å². The van der Waals surface area contributed by atoms with E-state index in [4.69, 9.17) is 4.74 Å². The van der Waals surface area contributed by atoms with Crippen molar-refractivity contribution >= 4 is 22.6 Å². The van der Waals surface area contributed by atoms with Crippen LogP contribution in [0.3, 0.4) is 0 Å². The van der Waals surface area contributed by atoms with Crippen LogP contribution in [0.1, 0.15) is 35.3 Å². The Bertz CT molecular complexity index is 696. The van der Waals surface area contributed by atoms with Gasteiger partial charge in [-0.3, -0.25) is 0 Å². The first kappa shape index (κ1) is 16.2. The van der Waals surface area contributed by atoms with Crippen LogP contribution in [-0.2, 0) is 4.74 Å². The zero-order chi connectivity index (χ0) is 16.3. The van der Waals surface area contributed by atoms with Crippen molar-refractivity contribution in [3.05, 3.63) is 35.0 Å². The lowest BCUT2D eigenvalue weighted by Gasteiger charge is -2.14. The van der Waals surface area contributed by atoms with Crippen LogP contribution in [0.25, 0.3) is 10.9 Å². The number of aromatic amines is 1. The fraction of sp³-hybridized carbons (Fsp3) is 0.412. The van der Waals surface area contributed by atoms with Crippen LogP contribution in [-0.4, -0.2) is 30.3 Å². The minimum atomic E-state index is -0.514. The Labute approximate surface area is 130 Å². The molecular weight excluding hydrogens is 280 g/mol. The third kappa shape index (κ3) is 3.36. The number of aromatic nitrogens is 1. The molecule has 5 heteroatoms. The maximum atomic E-state index is 12.2. The lowest BCUT2D eigenvalue weighted by atomic mass is 10.0. The van der Waals surface area contributed by atoms with Crippen LogP contribution >= 0.6 is 0 Å². The molecule has 22 heavy (non-hydrogen) atoms. The van der Waals surface area contributed by atoms with Gasteiger partial charge >= 0.3 is 5.97 Å². The lowest BCUT2D eigenvalue weighted by molar-refractivity contribution is -0.345. The summed E-state index contributed by atoms with van der Waals surface area (Å²) in [5.74, 6) is -0.382. The third-order valence-electron chi connectivity index (χ3n) is 3.45. The van der Waals surface area contributed by atoms with E-state index in [1.807, 2.05) is 19.9 Å². The highest BCUT2D eigenvalue weighted by Crippen LogP contribution is 2.28. The summed E-state index contributed by atoms with van der Waals surface area (Å²) in [6.07, 6.45) is 1.15. The Balaban J connectivity index is 2.63. The number of hydrogen-bond donors (Lipinski definition) is 2. The molecule has 1 aromatic carbocycles. The van der Waals surface area contributed by atoms with Gasteiger partial charge in [0.25, 0.3) is 0 Å². The van der Waals surface area contributed by atoms with Crippen molar-refractivity contribution < 1.29 is 19.6 Å². The normalized spacial score (nSPS) is 12.2. The molecule has 0 unspecified atom stereocenters. The number of aryl methyl sites for hydroxylation is 2. The van der Waals surface area contributed by atoms with Gasteiger partial charge in [0.15, 0.2) is 6.20 Å². The molecule has 0 saturated heterocycles. The number of fused-ring (bicyclic) bond motifs is 1. The number of carbonyl (C=O) groups is 1. The monoisotopic (exact) mass is 303 g/mol. The van der Waals surface area contributed by atoms with Gasteiger partial charge in [0.1, 0.15) is 5.56 Å². The van der Waals surface area contributed by atoms with E-state index in [-0.39, 0.29) is 5.97 Å². The molecule has 3 N–H and O–H groups in total. The van der Waals surface area contributed by atoms with Crippen molar-refractivity contribution in [2.75, 3.05) is 18.5 Å². The second kappa shape index (κ2) is 6.75. The van der Waals surface area contributed by atoms with Crippen LogP contribution in [0.2, 0.25) is 0 Å². The SMILES string of the molecule is CCOC(=O)c1c[nH+]c2c(C)cc(C)cc2c1NC[C@@H](C)O. The summed E-state index contributed by atoms with van der Waals surface area (Å²) in [5.41, 5.74) is 4.32. The maximum Gasteiger partial charge on any atom is 0.346 e. The summed E-state index contributed by atoms with van der Waals surface area (Å²) >= 11 is 0. The first-order valence-corrected chi connectivity index (χ1v) is 7.48. The van der Waals surface area contributed by atoms with Gasteiger partial charge in [-0.25, -0.2) is 9.78 Å². The van der Waals surface area contributed by atoms with Gasteiger partial charge in [-0.05, 0) is 45.4 Å². The molecule has 0 radical (unpaired) electrons. The Morgan fingerprint density at radius 1 is 1.41 bits per heavy atom. The predicted molar refractivity (Wildman–Crippen MR) is 86.1 cm³/mol. The number of aliphatic hydroxyl groups is 1. The third-order valence-corrected chi connectivity index (χ3v) is 3.45. The Hall–Kier alpha value is -2.14. The number of nitrogens with one attached hydrogen (secondary N) is 2. The van der Waals surface area contributed by atoms with Crippen molar-refractivity contribution in [1.29, 1.82) is 0 Å². The summed E-state index contributed by atoms with van der Waals surface area (Å²) in [7, 11) is 0. The van der Waals surface area contributed by atoms with E-state index < -0.39 is 6.10 Å². The smallest absolute Gasteiger partial charge is 0.346 e. The van der Waals surface area contributed by atoms with E-state index in [0.717, 1.165) is 22.0 Å². The fourth-order valence-corrected chi connectivity index (χ4v) is 2.53. The molecule has 2 rings (SSSR count). The van der Waals surface area contributed by atoms with E-state index >= 15 is 0 Å². The molecule has 0 spiro atoms. The van der Waals surface area contributed by atoms with Gasteiger partial charge in [-0.1, -0.05) is 0 Å². The quantitative estimate of drug-likeness (QED) is 0.831. The molecule has 118 valence electrons. The molecular formula is C17H23N2O3+. The van der Waals surface area contributed by atoms with Gasteiger partial charge in [0, 0.05) is 12.1 Å². The summed E-state index contributed by atoms with van der Waals surface area (Å²) in [5, 5.41) is 13.6. The van der Waals surface area contributed by atoms with Gasteiger partial charge < -0.3 is 15.2 Å². The molecule has 0 fully saturated rings. The van der Waals surface area contributed by atoms with Crippen molar-refractivity contribution in [3.8, 4) is 0 Å². The van der Waals surface area contributed by atoms with Gasteiger partial charge in [-0.2, -0.15) is 0 Å². The highest BCUT2D eigenvalue weighted by molar-refractivity contribution is 6.04. The molecule has 1 heterocycles. The van der Waals surface area contributed by atoms with Crippen LogP contribution in [0.5, 0.6) is 0 Å². The second-order valence-electron chi connectivity index (χ2n) is 5.53. The highest BCUT2D eigenvalue weighted by Gasteiger charge is 2.21.